The van der Waals surface area contributed by atoms with Crippen LogP contribution in [0, 0.1) is 5.41 Å². The Hall–Kier alpha value is -3.27. The highest BCUT2D eigenvalue weighted by Gasteiger charge is 2.50. The number of hydrogen-bond donors (Lipinski definition) is 2. The lowest BCUT2D eigenvalue weighted by molar-refractivity contribution is -0.198. The normalized spacial score (nSPS) is 18.9. The van der Waals surface area contributed by atoms with Gasteiger partial charge in [0, 0.05) is 11.1 Å². The number of aromatic nitrogens is 4. The molecule has 1 atom stereocenters. The number of nitrogens with one attached hydrogen (secondary N) is 2. The van der Waals surface area contributed by atoms with Crippen LogP contribution in [-0.4, -0.2) is 31.6 Å². The Kier molecular flexibility index (Phi) is 5.02. The molecule has 0 fully saturated rings. The Balaban J connectivity index is 1.48. The topological polar surface area (TPSA) is 83.6 Å². The molecule has 1 aromatic carbocycles. The minimum absolute atomic E-state index is 0.184. The van der Waals surface area contributed by atoms with Gasteiger partial charge in [-0.15, -0.1) is 5.10 Å². The van der Waals surface area contributed by atoms with Gasteiger partial charge in [0.1, 0.15) is 5.82 Å². The van der Waals surface area contributed by atoms with Crippen molar-refractivity contribution in [2.75, 3.05) is 5.32 Å². The van der Waals surface area contributed by atoms with Crippen molar-refractivity contribution in [3.63, 3.8) is 0 Å². The number of carbonyl (C=O) groups excluding carboxylic acids is 1. The highest BCUT2D eigenvalue weighted by Crippen LogP contribution is 2.47. The predicted octanol–water partition coefficient (Wildman–Crippen LogP) is 5.09. The summed E-state index contributed by atoms with van der Waals surface area (Å²) < 4.78 is 43.7. The van der Waals surface area contributed by atoms with E-state index in [1.165, 1.54) is 19.1 Å². The van der Waals surface area contributed by atoms with Crippen molar-refractivity contribution >= 4 is 28.7 Å². The first kappa shape index (κ1) is 20.0. The summed E-state index contributed by atoms with van der Waals surface area (Å²) in [5.74, 6) is 0.0450. The average molecular weight is 431 g/mol. The molecule has 3 aromatic rings. The van der Waals surface area contributed by atoms with Crippen molar-refractivity contribution in [3.8, 4) is 11.3 Å². The first-order valence-electron chi connectivity index (χ1n) is 8.94. The van der Waals surface area contributed by atoms with Crippen molar-refractivity contribution in [2.24, 2.45) is 5.41 Å². The van der Waals surface area contributed by atoms with E-state index < -0.39 is 11.6 Å². The fraction of sp³-hybridized carbons (Fsp3) is 0.200. The number of rotatable bonds is 4. The number of alkyl halides is 3. The van der Waals surface area contributed by atoms with E-state index in [2.05, 4.69) is 24.9 Å². The maximum Gasteiger partial charge on any atom is 0.397 e. The number of halogens is 3. The molecule has 154 valence electrons. The maximum absolute atomic E-state index is 13.4. The van der Waals surface area contributed by atoms with E-state index in [1.807, 2.05) is 0 Å². The SMILES string of the molecule is CC1(C(F)(F)F)C=CC=C(c2ncc(-c3ccc(NC(=O)c4csnn4)cc3)[nH]2)C1. The number of imidazole rings is 1. The lowest BCUT2D eigenvalue weighted by Gasteiger charge is -2.31. The van der Waals surface area contributed by atoms with Gasteiger partial charge in [0.25, 0.3) is 5.91 Å². The summed E-state index contributed by atoms with van der Waals surface area (Å²) >= 11 is 1.09. The number of H-pyrrole nitrogens is 1. The number of anilines is 1. The van der Waals surface area contributed by atoms with E-state index >= 15 is 0 Å². The molecule has 0 aliphatic heterocycles. The smallest absolute Gasteiger partial charge is 0.338 e. The van der Waals surface area contributed by atoms with Crippen LogP contribution in [-0.2, 0) is 0 Å². The third-order valence-electron chi connectivity index (χ3n) is 4.89. The molecule has 2 N–H and O–H groups in total. The molecule has 0 saturated carbocycles. The Morgan fingerprint density at radius 1 is 1.27 bits per heavy atom. The van der Waals surface area contributed by atoms with Gasteiger partial charge in [0.05, 0.1) is 17.3 Å². The third kappa shape index (κ3) is 3.90. The summed E-state index contributed by atoms with van der Waals surface area (Å²) in [5, 5.41) is 7.98. The number of benzene rings is 1. The molecule has 1 aliphatic rings. The van der Waals surface area contributed by atoms with E-state index in [0.29, 0.717) is 22.8 Å². The van der Waals surface area contributed by atoms with Crippen LogP contribution in [0.1, 0.15) is 29.7 Å². The zero-order valence-electron chi connectivity index (χ0n) is 15.7. The third-order valence-corrected chi connectivity index (χ3v) is 5.40. The number of amides is 1. The summed E-state index contributed by atoms with van der Waals surface area (Å²) in [6.07, 6.45) is 1.29. The van der Waals surface area contributed by atoms with E-state index in [-0.39, 0.29) is 18.0 Å². The monoisotopic (exact) mass is 431 g/mol. The molecule has 10 heteroatoms. The second-order valence-electron chi connectivity index (χ2n) is 7.11. The molecular weight excluding hydrogens is 415 g/mol. The van der Waals surface area contributed by atoms with Crippen LogP contribution in [0.2, 0.25) is 0 Å². The van der Waals surface area contributed by atoms with Gasteiger partial charge in [-0.3, -0.25) is 4.79 Å². The summed E-state index contributed by atoms with van der Waals surface area (Å²) in [6, 6.07) is 7.00. The number of hydrogen-bond acceptors (Lipinski definition) is 5. The highest BCUT2D eigenvalue weighted by atomic mass is 32.1. The van der Waals surface area contributed by atoms with Gasteiger partial charge in [-0.05, 0) is 48.1 Å². The highest BCUT2D eigenvalue weighted by molar-refractivity contribution is 7.03. The van der Waals surface area contributed by atoms with E-state index in [9.17, 15) is 18.0 Å². The van der Waals surface area contributed by atoms with E-state index in [1.54, 1.807) is 41.9 Å². The largest absolute Gasteiger partial charge is 0.397 e. The minimum Gasteiger partial charge on any atom is -0.338 e. The quantitative estimate of drug-likeness (QED) is 0.603. The van der Waals surface area contributed by atoms with Crippen molar-refractivity contribution in [1.29, 1.82) is 0 Å². The summed E-state index contributed by atoms with van der Waals surface area (Å²) in [6.45, 7) is 1.18. The zero-order chi connectivity index (χ0) is 21.4. The number of nitrogens with zero attached hydrogens (tertiary/aromatic N) is 3. The van der Waals surface area contributed by atoms with Crippen LogP contribution in [0.5, 0.6) is 0 Å². The molecule has 2 heterocycles. The van der Waals surface area contributed by atoms with Gasteiger partial charge in [0.15, 0.2) is 5.69 Å². The fourth-order valence-corrected chi connectivity index (χ4v) is 3.51. The second-order valence-corrected chi connectivity index (χ2v) is 7.72. The molecule has 30 heavy (non-hydrogen) atoms. The van der Waals surface area contributed by atoms with Gasteiger partial charge in [-0.25, -0.2) is 4.98 Å². The molecule has 1 unspecified atom stereocenters. The second kappa shape index (κ2) is 7.52. The van der Waals surface area contributed by atoms with Crippen LogP contribution >= 0.6 is 11.5 Å². The molecule has 0 saturated heterocycles. The molecule has 2 aromatic heterocycles. The average Bonchev–Trinajstić information content (AvgIpc) is 3.40. The van der Waals surface area contributed by atoms with Crippen LogP contribution in [0.3, 0.4) is 0 Å². The molecule has 1 aliphatic carbocycles. The number of carbonyl (C=O) groups is 1. The van der Waals surface area contributed by atoms with Gasteiger partial charge >= 0.3 is 6.18 Å². The Bertz CT molecular complexity index is 1120. The predicted molar refractivity (Wildman–Crippen MR) is 108 cm³/mol. The van der Waals surface area contributed by atoms with Crippen LogP contribution in [0.4, 0.5) is 18.9 Å². The van der Waals surface area contributed by atoms with E-state index in [4.69, 9.17) is 0 Å². The number of aromatic amines is 1. The molecule has 0 radical (unpaired) electrons. The Morgan fingerprint density at radius 3 is 2.70 bits per heavy atom. The van der Waals surface area contributed by atoms with Crippen molar-refractivity contribution in [2.45, 2.75) is 19.5 Å². The lowest BCUT2D eigenvalue weighted by atomic mass is 9.79. The van der Waals surface area contributed by atoms with E-state index in [0.717, 1.165) is 17.1 Å². The first-order chi connectivity index (χ1) is 14.2. The van der Waals surface area contributed by atoms with Crippen LogP contribution < -0.4 is 5.32 Å². The lowest BCUT2D eigenvalue weighted by Crippen LogP contribution is -2.34. The molecule has 0 spiro atoms. The Morgan fingerprint density at radius 2 is 2.03 bits per heavy atom. The van der Waals surface area contributed by atoms with Gasteiger partial charge in [-0.1, -0.05) is 34.8 Å². The van der Waals surface area contributed by atoms with Crippen molar-refractivity contribution in [3.05, 3.63) is 65.6 Å². The molecule has 1 amide bonds. The summed E-state index contributed by atoms with van der Waals surface area (Å²) in [4.78, 5) is 19.4. The first-order valence-corrected chi connectivity index (χ1v) is 9.78. The molecule has 4 rings (SSSR count). The Labute approximate surface area is 173 Å². The summed E-state index contributed by atoms with van der Waals surface area (Å²) in [5.41, 5.74) is 0.838. The molecule has 0 bridgehead atoms. The van der Waals surface area contributed by atoms with Crippen molar-refractivity contribution in [1.82, 2.24) is 19.6 Å². The summed E-state index contributed by atoms with van der Waals surface area (Å²) in [7, 11) is 0. The minimum atomic E-state index is -4.34. The zero-order valence-corrected chi connectivity index (χ0v) is 16.5. The van der Waals surface area contributed by atoms with Crippen LogP contribution in [0.15, 0.2) is 54.1 Å². The van der Waals surface area contributed by atoms with Gasteiger partial charge in [-0.2, -0.15) is 13.2 Å². The van der Waals surface area contributed by atoms with Gasteiger partial charge < -0.3 is 10.3 Å². The number of allylic oxidation sites excluding steroid dienone is 4. The molecule has 6 nitrogen and oxygen atoms in total. The fourth-order valence-electron chi connectivity index (χ4n) is 3.07. The standard InChI is InChI=1S/C20H16F3N5OS/c1-19(20(21,22)23)8-2-3-13(9-19)17-24-10-15(26-17)12-4-6-14(7-5-12)25-18(29)16-11-30-28-27-16/h2-8,10-11H,9H2,1H3,(H,24,26)(H,25,29). The molecular formula is C20H16F3N5OS. The maximum atomic E-state index is 13.4. The van der Waals surface area contributed by atoms with Crippen molar-refractivity contribution < 1.29 is 18.0 Å². The van der Waals surface area contributed by atoms with Gasteiger partial charge in [0.2, 0.25) is 0 Å². The van der Waals surface area contributed by atoms with Crippen LogP contribution in [0.25, 0.3) is 16.8 Å².